The Kier molecular flexibility index (Phi) is 7.66. The van der Waals surface area contributed by atoms with Crippen molar-refractivity contribution in [3.8, 4) is 0 Å². The molecule has 0 amide bonds. The van der Waals surface area contributed by atoms with Crippen molar-refractivity contribution in [1.82, 2.24) is 10.3 Å². The number of hydrogen-bond acceptors (Lipinski definition) is 6. The molecule has 35 heavy (non-hydrogen) atoms. The fraction of sp³-hybridized carbons (Fsp3) is 0.320. The minimum Gasteiger partial charge on any atom is -0.389 e. The first-order valence-corrected chi connectivity index (χ1v) is 11.0. The average molecular weight is 491 g/mol. The molecule has 0 aliphatic carbocycles. The molecule has 3 N–H and O–H groups in total. The van der Waals surface area contributed by atoms with Gasteiger partial charge in [0.2, 0.25) is 0 Å². The van der Waals surface area contributed by atoms with Crippen LogP contribution < -0.4 is 10.2 Å². The van der Waals surface area contributed by atoms with Gasteiger partial charge in [-0.2, -0.15) is 0 Å². The number of ether oxygens (including phenoxy) is 1. The first-order chi connectivity index (χ1) is 16.8. The summed E-state index contributed by atoms with van der Waals surface area (Å²) in [7, 11) is 1.44. The number of nitrogens with one attached hydrogen (secondary N) is 1. The van der Waals surface area contributed by atoms with Crippen molar-refractivity contribution >= 4 is 11.5 Å². The molecule has 0 fully saturated rings. The Balaban J connectivity index is 1.57. The van der Waals surface area contributed by atoms with Crippen molar-refractivity contribution < 1.29 is 32.5 Å². The monoisotopic (exact) mass is 491 g/mol. The molecule has 2 aromatic carbocycles. The van der Waals surface area contributed by atoms with Crippen molar-refractivity contribution in [3.05, 3.63) is 88.1 Å². The quantitative estimate of drug-likeness (QED) is 0.242. The molecule has 1 aromatic heterocycles. The summed E-state index contributed by atoms with van der Waals surface area (Å²) >= 11 is 0. The molecule has 0 radical (unpaired) electrons. The fourth-order valence-corrected chi connectivity index (χ4v) is 4.28. The van der Waals surface area contributed by atoms with Gasteiger partial charge in [-0.1, -0.05) is 0 Å². The molecule has 4 rings (SSSR count). The number of rotatable bonds is 9. The highest BCUT2D eigenvalue weighted by Gasteiger charge is 2.29. The summed E-state index contributed by atoms with van der Waals surface area (Å²) in [6.45, 7) is 0.555. The van der Waals surface area contributed by atoms with Gasteiger partial charge in [0.15, 0.2) is 17.5 Å². The van der Waals surface area contributed by atoms with Crippen molar-refractivity contribution in [1.29, 1.82) is 0 Å². The summed E-state index contributed by atoms with van der Waals surface area (Å²) in [6.07, 6.45) is -0.0373. The van der Waals surface area contributed by atoms with Crippen molar-refractivity contribution in [3.63, 3.8) is 0 Å². The molecule has 2 atom stereocenters. The van der Waals surface area contributed by atoms with Gasteiger partial charge >= 0.3 is 0 Å². The Morgan fingerprint density at radius 2 is 1.77 bits per heavy atom. The van der Waals surface area contributed by atoms with E-state index in [1.54, 1.807) is 24.4 Å². The van der Waals surface area contributed by atoms with Crippen molar-refractivity contribution in [2.24, 2.45) is 0 Å². The molecule has 0 spiro atoms. The summed E-state index contributed by atoms with van der Waals surface area (Å²) in [4.78, 5) is 6.25. The molecule has 6 nitrogen and oxygen atoms in total. The van der Waals surface area contributed by atoms with E-state index in [0.29, 0.717) is 35.6 Å². The second-order valence-corrected chi connectivity index (χ2v) is 8.35. The molecule has 0 bridgehead atoms. The highest BCUT2D eigenvalue weighted by atomic mass is 19.2. The maximum absolute atomic E-state index is 14.7. The number of nitrogens with zero attached hydrogens (tertiary/aromatic N) is 2. The van der Waals surface area contributed by atoms with Crippen LogP contribution in [0.2, 0.25) is 0 Å². The molecule has 186 valence electrons. The van der Waals surface area contributed by atoms with Crippen molar-refractivity contribution in [2.75, 3.05) is 31.7 Å². The minimum atomic E-state index is -1.51. The Morgan fingerprint density at radius 1 is 1.03 bits per heavy atom. The number of methoxy groups -OCH3 is 1. The minimum absolute atomic E-state index is 0.00992. The molecular weight excluding hydrogens is 466 g/mol. The molecule has 10 heteroatoms. The predicted octanol–water partition coefficient (Wildman–Crippen LogP) is 3.51. The number of halogens is 4. The van der Waals surface area contributed by atoms with E-state index in [-0.39, 0.29) is 30.7 Å². The molecule has 1 unspecified atom stereocenters. The summed E-state index contributed by atoms with van der Waals surface area (Å²) in [5, 5.41) is 23.1. The molecule has 2 heterocycles. The number of aromatic nitrogens is 1. The molecule has 3 aromatic rings. The summed E-state index contributed by atoms with van der Waals surface area (Å²) in [5.74, 6) is -4.04. The van der Waals surface area contributed by atoms with Crippen LogP contribution in [0.25, 0.3) is 0 Å². The number of fused-ring (bicyclic) bond motifs is 1. The van der Waals surface area contributed by atoms with Gasteiger partial charge < -0.3 is 19.8 Å². The van der Waals surface area contributed by atoms with Gasteiger partial charge in [0.25, 0.3) is 0 Å². The third-order valence-electron chi connectivity index (χ3n) is 5.87. The Bertz CT molecular complexity index is 1190. The maximum Gasteiger partial charge on any atom is 0.194 e. The van der Waals surface area contributed by atoms with E-state index in [4.69, 9.17) is 4.74 Å². The number of anilines is 2. The Morgan fingerprint density at radius 3 is 2.49 bits per heavy atom. The average Bonchev–Trinajstić information content (AvgIpc) is 3.25. The Hall–Kier alpha value is -3.05. The third-order valence-corrected chi connectivity index (χ3v) is 5.87. The van der Waals surface area contributed by atoms with E-state index < -0.39 is 35.6 Å². The molecule has 1 aliphatic heterocycles. The highest BCUT2D eigenvalue weighted by Crippen LogP contribution is 2.38. The first-order valence-electron chi connectivity index (χ1n) is 11.0. The van der Waals surface area contributed by atoms with E-state index in [2.05, 4.69) is 10.3 Å². The van der Waals surface area contributed by atoms with Crippen LogP contribution >= 0.6 is 0 Å². The van der Waals surface area contributed by atoms with E-state index in [1.807, 2.05) is 4.90 Å². The van der Waals surface area contributed by atoms with Crippen LogP contribution in [0.4, 0.5) is 29.1 Å². The fourth-order valence-electron chi connectivity index (χ4n) is 4.28. The summed E-state index contributed by atoms with van der Waals surface area (Å²) in [6, 6.07) is 8.21. The molecular formula is C25H25F4N3O3. The van der Waals surface area contributed by atoms with Gasteiger partial charge in [-0.15, -0.1) is 0 Å². The summed E-state index contributed by atoms with van der Waals surface area (Å²) in [5.41, 5.74) is 2.35. The second kappa shape index (κ2) is 10.7. The number of aliphatic hydroxyl groups is 2. The molecule has 0 saturated carbocycles. The topological polar surface area (TPSA) is 77.8 Å². The standard InChI is InChI=1S/C25H25F4N3O3/c1-35-13-16(33)12-31-25(34)23-17-5-7-32(21(17)3-2-18(23)26)22-11-14(4-6-30-22)8-15-9-19(27)24(29)20(28)10-15/h2-4,6,9-11,16,25,31,33-34H,5,7-8,12-13H2,1H3/t16-,25?/m0/s1. The van der Waals surface area contributed by atoms with E-state index >= 15 is 0 Å². The van der Waals surface area contributed by atoms with Crippen LogP contribution in [0.5, 0.6) is 0 Å². The second-order valence-electron chi connectivity index (χ2n) is 8.35. The lowest BCUT2D eigenvalue weighted by Crippen LogP contribution is -2.33. The number of pyridine rings is 1. The van der Waals surface area contributed by atoms with E-state index in [9.17, 15) is 27.8 Å². The zero-order valence-electron chi connectivity index (χ0n) is 18.9. The van der Waals surface area contributed by atoms with Crippen LogP contribution in [0, 0.1) is 23.3 Å². The highest BCUT2D eigenvalue weighted by molar-refractivity contribution is 5.70. The SMILES string of the molecule is COC[C@@H](O)CNC(O)c1c(F)ccc2c1CCN2c1cc(Cc2cc(F)c(F)c(F)c2)ccn1. The first kappa shape index (κ1) is 25.1. The van der Waals surface area contributed by atoms with E-state index in [1.165, 1.54) is 13.2 Å². The van der Waals surface area contributed by atoms with Crippen molar-refractivity contribution in [2.45, 2.75) is 25.2 Å². The lowest BCUT2D eigenvalue weighted by atomic mass is 10.0. The van der Waals surface area contributed by atoms with Gasteiger partial charge in [0.1, 0.15) is 17.9 Å². The maximum atomic E-state index is 14.7. The smallest absolute Gasteiger partial charge is 0.194 e. The lowest BCUT2D eigenvalue weighted by Gasteiger charge is -2.22. The molecule has 1 aliphatic rings. The van der Waals surface area contributed by atoms with Crippen LogP contribution in [0.15, 0.2) is 42.6 Å². The van der Waals surface area contributed by atoms with Gasteiger partial charge in [-0.05, 0) is 65.9 Å². The zero-order chi connectivity index (χ0) is 25.1. The largest absolute Gasteiger partial charge is 0.389 e. The van der Waals surface area contributed by atoms with Gasteiger partial charge in [0.05, 0.1) is 12.7 Å². The van der Waals surface area contributed by atoms with Gasteiger partial charge in [0, 0.05) is 37.6 Å². The van der Waals surface area contributed by atoms with Crippen LogP contribution in [-0.4, -0.2) is 48.1 Å². The number of benzene rings is 2. The number of hydrogen-bond donors (Lipinski definition) is 3. The van der Waals surface area contributed by atoms with Gasteiger partial charge in [-0.25, -0.2) is 22.5 Å². The van der Waals surface area contributed by atoms with Gasteiger partial charge in [-0.3, -0.25) is 5.32 Å². The van der Waals surface area contributed by atoms with E-state index in [0.717, 1.165) is 12.1 Å². The predicted molar refractivity (Wildman–Crippen MR) is 121 cm³/mol. The van der Waals surface area contributed by atoms with Crippen LogP contribution in [0.3, 0.4) is 0 Å². The van der Waals surface area contributed by atoms with Crippen LogP contribution in [-0.2, 0) is 17.6 Å². The lowest BCUT2D eigenvalue weighted by molar-refractivity contribution is 0.0462. The molecule has 0 saturated heterocycles. The summed E-state index contributed by atoms with van der Waals surface area (Å²) < 4.78 is 60.0. The third kappa shape index (κ3) is 5.46. The number of aliphatic hydroxyl groups excluding tert-OH is 2. The Labute approximate surface area is 199 Å². The van der Waals surface area contributed by atoms with Crippen LogP contribution in [0.1, 0.15) is 28.5 Å². The normalized spacial score (nSPS) is 14.8. The zero-order valence-corrected chi connectivity index (χ0v) is 18.9.